The van der Waals surface area contributed by atoms with Gasteiger partial charge in [-0.15, -0.1) is 0 Å². The maximum Gasteiger partial charge on any atom is 0.328 e. The Morgan fingerprint density at radius 1 is 1.80 bits per heavy atom. The highest BCUT2D eigenvalue weighted by molar-refractivity contribution is 5.90. The monoisotopic (exact) mass is 141 g/mol. The number of rotatable bonds is 1. The van der Waals surface area contributed by atoms with Gasteiger partial charge in [-0.2, -0.15) is 0 Å². The van der Waals surface area contributed by atoms with Crippen LogP contribution in [0.25, 0.3) is 0 Å². The van der Waals surface area contributed by atoms with E-state index in [1.807, 2.05) is 13.8 Å². The van der Waals surface area contributed by atoms with Gasteiger partial charge in [0.15, 0.2) is 0 Å². The predicted octanol–water partition coefficient (Wildman–Crippen LogP) is 0.940. The van der Waals surface area contributed by atoms with Gasteiger partial charge in [-0.25, -0.2) is 4.79 Å². The average Bonchev–Trinajstić information content (AvgIpc) is 2.13. The molecule has 56 valence electrons. The summed E-state index contributed by atoms with van der Waals surface area (Å²) in [5.41, 5.74) is 0.965. The first-order valence-electron chi connectivity index (χ1n) is 3.38. The highest BCUT2D eigenvalue weighted by Crippen LogP contribution is 2.19. The van der Waals surface area contributed by atoms with Gasteiger partial charge in [-0.1, -0.05) is 6.92 Å². The topological polar surface area (TPSA) is 49.7 Å². The van der Waals surface area contributed by atoms with E-state index in [0.717, 1.165) is 5.71 Å². The molecule has 0 aliphatic carbocycles. The molecule has 0 bridgehead atoms. The molecule has 0 fully saturated rings. The Balaban J connectivity index is 2.65. The molecule has 1 aliphatic rings. The molecule has 3 nitrogen and oxygen atoms in total. The molecular weight excluding hydrogens is 130 g/mol. The van der Waals surface area contributed by atoms with Crippen LogP contribution in [0.3, 0.4) is 0 Å². The summed E-state index contributed by atoms with van der Waals surface area (Å²) in [4.78, 5) is 14.4. The van der Waals surface area contributed by atoms with Gasteiger partial charge in [-0.05, 0) is 19.3 Å². The van der Waals surface area contributed by atoms with Crippen LogP contribution in [-0.4, -0.2) is 22.8 Å². The second-order valence-corrected chi connectivity index (χ2v) is 2.76. The second kappa shape index (κ2) is 2.40. The Labute approximate surface area is 59.8 Å². The summed E-state index contributed by atoms with van der Waals surface area (Å²) < 4.78 is 0. The van der Waals surface area contributed by atoms with E-state index >= 15 is 0 Å². The molecule has 10 heavy (non-hydrogen) atoms. The van der Waals surface area contributed by atoms with Crippen molar-refractivity contribution in [2.75, 3.05) is 0 Å². The zero-order valence-corrected chi connectivity index (χ0v) is 6.16. The van der Waals surface area contributed by atoms with Gasteiger partial charge in [0.2, 0.25) is 0 Å². The van der Waals surface area contributed by atoms with Crippen molar-refractivity contribution < 1.29 is 9.90 Å². The summed E-state index contributed by atoms with van der Waals surface area (Å²) in [5, 5.41) is 8.54. The molecule has 1 aliphatic heterocycles. The number of carbonyl (C=O) groups is 1. The van der Waals surface area contributed by atoms with Crippen LogP contribution in [0.1, 0.15) is 20.3 Å². The quantitative estimate of drug-likeness (QED) is 0.590. The van der Waals surface area contributed by atoms with Crippen LogP contribution < -0.4 is 0 Å². The molecular formula is C7H11NO2. The number of carboxylic acid groups (broad SMARTS) is 1. The first kappa shape index (κ1) is 7.25. The van der Waals surface area contributed by atoms with E-state index in [1.165, 1.54) is 0 Å². The highest BCUT2D eigenvalue weighted by atomic mass is 16.4. The molecule has 0 saturated heterocycles. The zero-order chi connectivity index (χ0) is 7.72. The fourth-order valence-electron chi connectivity index (χ4n) is 1.09. The Kier molecular flexibility index (Phi) is 1.74. The summed E-state index contributed by atoms with van der Waals surface area (Å²) in [6.45, 7) is 3.88. The lowest BCUT2D eigenvalue weighted by Crippen LogP contribution is -2.15. The van der Waals surface area contributed by atoms with Crippen LogP contribution in [0, 0.1) is 5.92 Å². The Bertz CT molecular complexity index is 186. The van der Waals surface area contributed by atoms with E-state index in [2.05, 4.69) is 4.99 Å². The van der Waals surface area contributed by atoms with Crippen molar-refractivity contribution in [3.05, 3.63) is 0 Å². The molecule has 2 atom stereocenters. The Morgan fingerprint density at radius 2 is 2.40 bits per heavy atom. The van der Waals surface area contributed by atoms with Gasteiger partial charge in [0.1, 0.15) is 6.04 Å². The molecule has 0 spiro atoms. The van der Waals surface area contributed by atoms with Crippen molar-refractivity contribution in [3.8, 4) is 0 Å². The van der Waals surface area contributed by atoms with Crippen molar-refractivity contribution in [1.29, 1.82) is 0 Å². The summed E-state index contributed by atoms with van der Waals surface area (Å²) >= 11 is 0. The third kappa shape index (κ3) is 1.17. The molecule has 1 heterocycles. The predicted molar refractivity (Wildman–Crippen MR) is 38.3 cm³/mol. The Hall–Kier alpha value is -0.860. The van der Waals surface area contributed by atoms with Gasteiger partial charge >= 0.3 is 5.97 Å². The highest BCUT2D eigenvalue weighted by Gasteiger charge is 2.26. The van der Waals surface area contributed by atoms with Crippen molar-refractivity contribution in [3.63, 3.8) is 0 Å². The minimum atomic E-state index is -0.802. The SMILES string of the molecule is CC1=N[C@H](C(=O)O)C[C@H]1C. The largest absolute Gasteiger partial charge is 0.480 e. The second-order valence-electron chi connectivity index (χ2n) is 2.76. The maximum atomic E-state index is 10.4. The molecule has 0 aromatic heterocycles. The molecule has 0 radical (unpaired) electrons. The smallest absolute Gasteiger partial charge is 0.328 e. The number of aliphatic carboxylic acids is 1. The van der Waals surface area contributed by atoms with Gasteiger partial charge in [0, 0.05) is 5.71 Å². The first-order chi connectivity index (χ1) is 4.61. The Morgan fingerprint density at radius 3 is 2.60 bits per heavy atom. The van der Waals surface area contributed by atoms with Crippen molar-refractivity contribution in [2.24, 2.45) is 10.9 Å². The summed E-state index contributed by atoms with van der Waals surface area (Å²) in [6.07, 6.45) is 0.668. The molecule has 1 N–H and O–H groups in total. The molecule has 3 heteroatoms. The van der Waals surface area contributed by atoms with E-state index in [0.29, 0.717) is 12.3 Å². The van der Waals surface area contributed by atoms with E-state index in [9.17, 15) is 4.79 Å². The molecule has 0 amide bonds. The van der Waals surface area contributed by atoms with Crippen LogP contribution in [-0.2, 0) is 4.79 Å². The number of aliphatic imine (C=N–C) groups is 1. The number of hydrogen-bond acceptors (Lipinski definition) is 2. The standard InChI is InChI=1S/C7H11NO2/c1-4-3-6(7(9)10)8-5(4)2/h4,6H,3H2,1-2H3,(H,9,10)/t4-,6+/m1/s1. The maximum absolute atomic E-state index is 10.4. The lowest BCUT2D eigenvalue weighted by molar-refractivity contribution is -0.138. The number of carboxylic acids is 1. The molecule has 0 unspecified atom stereocenters. The lowest BCUT2D eigenvalue weighted by Gasteiger charge is -1.99. The van der Waals surface area contributed by atoms with E-state index in [4.69, 9.17) is 5.11 Å². The van der Waals surface area contributed by atoms with Crippen LogP contribution in [0.5, 0.6) is 0 Å². The molecule has 1 rings (SSSR count). The summed E-state index contributed by atoms with van der Waals surface area (Å²) in [7, 11) is 0. The molecule has 0 aromatic rings. The van der Waals surface area contributed by atoms with Crippen LogP contribution in [0.2, 0.25) is 0 Å². The molecule has 0 aromatic carbocycles. The van der Waals surface area contributed by atoms with Crippen molar-refractivity contribution in [2.45, 2.75) is 26.3 Å². The van der Waals surface area contributed by atoms with Crippen molar-refractivity contribution >= 4 is 11.7 Å². The number of nitrogens with zero attached hydrogens (tertiary/aromatic N) is 1. The third-order valence-corrected chi connectivity index (χ3v) is 1.93. The lowest BCUT2D eigenvalue weighted by atomic mass is 10.0. The minimum absolute atomic E-state index is 0.348. The van der Waals surface area contributed by atoms with Gasteiger partial charge in [0.05, 0.1) is 0 Å². The number of hydrogen-bond donors (Lipinski definition) is 1. The summed E-state index contributed by atoms with van der Waals surface area (Å²) in [6, 6.07) is -0.477. The van der Waals surface area contributed by atoms with Gasteiger partial charge < -0.3 is 5.11 Å². The van der Waals surface area contributed by atoms with Crippen LogP contribution >= 0.6 is 0 Å². The summed E-state index contributed by atoms with van der Waals surface area (Å²) in [5.74, 6) is -0.454. The fraction of sp³-hybridized carbons (Fsp3) is 0.714. The zero-order valence-electron chi connectivity index (χ0n) is 6.16. The molecule has 0 saturated carbocycles. The normalized spacial score (nSPS) is 32.0. The van der Waals surface area contributed by atoms with Gasteiger partial charge in [-0.3, -0.25) is 4.99 Å². The van der Waals surface area contributed by atoms with Crippen molar-refractivity contribution in [1.82, 2.24) is 0 Å². The first-order valence-corrected chi connectivity index (χ1v) is 3.38. The van der Waals surface area contributed by atoms with E-state index < -0.39 is 12.0 Å². The third-order valence-electron chi connectivity index (χ3n) is 1.93. The fourth-order valence-corrected chi connectivity index (χ4v) is 1.09. The average molecular weight is 141 g/mol. The van der Waals surface area contributed by atoms with Crippen LogP contribution in [0.15, 0.2) is 4.99 Å². The van der Waals surface area contributed by atoms with E-state index in [-0.39, 0.29) is 0 Å². The van der Waals surface area contributed by atoms with E-state index in [1.54, 1.807) is 0 Å². The minimum Gasteiger partial charge on any atom is -0.480 e. The van der Waals surface area contributed by atoms with Gasteiger partial charge in [0.25, 0.3) is 0 Å². The van der Waals surface area contributed by atoms with Crippen LogP contribution in [0.4, 0.5) is 0 Å².